The molecule has 0 aliphatic rings. The molecular weight excluding hydrogens is 242 g/mol. The fraction of sp³-hybridized carbons (Fsp3) is 0.0909. The Labute approximate surface area is 101 Å². The summed E-state index contributed by atoms with van der Waals surface area (Å²) in [7, 11) is 1.40. The van der Waals surface area contributed by atoms with Gasteiger partial charge in [0.25, 0.3) is 5.91 Å². The Kier molecular flexibility index (Phi) is 3.22. The van der Waals surface area contributed by atoms with Gasteiger partial charge >= 0.3 is 0 Å². The third-order valence-electron chi connectivity index (χ3n) is 2.31. The molecule has 2 aromatic rings. The number of nitrogens with one attached hydrogen (secondary N) is 3. The first-order chi connectivity index (χ1) is 8.61. The Balaban J connectivity index is 2.26. The molecule has 5 nitrogen and oxygen atoms in total. The van der Waals surface area contributed by atoms with Gasteiger partial charge in [-0.3, -0.25) is 9.89 Å². The van der Waals surface area contributed by atoms with Gasteiger partial charge in [-0.25, -0.2) is 8.78 Å². The maximum absolute atomic E-state index is 13.4. The summed E-state index contributed by atoms with van der Waals surface area (Å²) in [6.45, 7) is 0. The maximum Gasteiger partial charge on any atom is 0.255 e. The van der Waals surface area contributed by atoms with Crippen molar-refractivity contribution in [2.45, 2.75) is 0 Å². The van der Waals surface area contributed by atoms with Crippen LogP contribution in [0.3, 0.4) is 0 Å². The van der Waals surface area contributed by atoms with Crippen LogP contribution < -0.4 is 10.6 Å². The average Bonchev–Trinajstić information content (AvgIpc) is 2.81. The van der Waals surface area contributed by atoms with Gasteiger partial charge in [0.15, 0.2) is 0 Å². The van der Waals surface area contributed by atoms with Crippen molar-refractivity contribution in [1.29, 1.82) is 0 Å². The summed E-state index contributed by atoms with van der Waals surface area (Å²) in [4.78, 5) is 11.7. The Bertz CT molecular complexity index is 545. The first-order valence-electron chi connectivity index (χ1n) is 5.08. The second-order valence-electron chi connectivity index (χ2n) is 3.51. The third kappa shape index (κ3) is 2.29. The van der Waals surface area contributed by atoms with Gasteiger partial charge in [-0.1, -0.05) is 0 Å². The molecule has 1 aromatic heterocycles. The van der Waals surface area contributed by atoms with Crippen LogP contribution in [0.2, 0.25) is 0 Å². The van der Waals surface area contributed by atoms with Crippen molar-refractivity contribution in [2.24, 2.45) is 0 Å². The summed E-state index contributed by atoms with van der Waals surface area (Å²) in [5.74, 6) is -2.26. The lowest BCUT2D eigenvalue weighted by Crippen LogP contribution is -2.13. The summed E-state index contributed by atoms with van der Waals surface area (Å²) in [5.41, 5.74) is 0.0403. The van der Waals surface area contributed by atoms with Crippen molar-refractivity contribution in [3.05, 3.63) is 41.7 Å². The van der Waals surface area contributed by atoms with Crippen molar-refractivity contribution in [2.75, 3.05) is 17.7 Å². The van der Waals surface area contributed by atoms with E-state index in [1.807, 2.05) is 0 Å². The summed E-state index contributed by atoms with van der Waals surface area (Å²) in [6, 6.07) is 1.93. The molecular formula is C11H10F2N4O. The summed E-state index contributed by atoms with van der Waals surface area (Å²) in [6.07, 6.45) is 2.83. The lowest BCUT2D eigenvalue weighted by atomic mass is 10.1. The lowest BCUT2D eigenvalue weighted by molar-refractivity contribution is 0.102. The van der Waals surface area contributed by atoms with Gasteiger partial charge in [0, 0.05) is 18.8 Å². The van der Waals surface area contributed by atoms with E-state index in [1.54, 1.807) is 0 Å². The topological polar surface area (TPSA) is 69.8 Å². The predicted molar refractivity (Wildman–Crippen MR) is 62.4 cm³/mol. The second kappa shape index (κ2) is 4.82. The zero-order chi connectivity index (χ0) is 13.1. The number of H-pyrrole nitrogens is 1. The third-order valence-corrected chi connectivity index (χ3v) is 2.31. The molecule has 3 N–H and O–H groups in total. The van der Waals surface area contributed by atoms with Crippen LogP contribution in [0, 0.1) is 11.6 Å². The molecule has 2 rings (SSSR count). The van der Waals surface area contributed by atoms with Gasteiger partial charge in [-0.2, -0.15) is 5.10 Å². The van der Waals surface area contributed by atoms with Crippen LogP contribution in [0.5, 0.6) is 0 Å². The molecule has 0 bridgehead atoms. The van der Waals surface area contributed by atoms with Crippen molar-refractivity contribution >= 4 is 17.3 Å². The minimum absolute atomic E-state index is 0.106. The lowest BCUT2D eigenvalue weighted by Gasteiger charge is -2.07. The molecule has 0 radical (unpaired) electrons. The Morgan fingerprint density at radius 1 is 1.33 bits per heavy atom. The van der Waals surface area contributed by atoms with E-state index in [1.165, 1.54) is 19.4 Å². The van der Waals surface area contributed by atoms with Crippen LogP contribution in [0.25, 0.3) is 0 Å². The van der Waals surface area contributed by atoms with Crippen molar-refractivity contribution in [3.63, 3.8) is 0 Å². The molecule has 0 atom stereocenters. The van der Waals surface area contributed by atoms with Gasteiger partial charge < -0.3 is 10.6 Å². The van der Waals surface area contributed by atoms with E-state index in [0.29, 0.717) is 5.69 Å². The zero-order valence-electron chi connectivity index (χ0n) is 9.42. The SMILES string of the molecule is CNc1c(F)cc(C(=O)Nc2cn[nH]c2)cc1F. The predicted octanol–water partition coefficient (Wildman–Crippen LogP) is 1.98. The quantitative estimate of drug-likeness (QED) is 0.782. The molecule has 0 saturated heterocycles. The van der Waals surface area contributed by atoms with E-state index in [9.17, 15) is 13.6 Å². The van der Waals surface area contributed by atoms with Crippen LogP contribution >= 0.6 is 0 Å². The largest absolute Gasteiger partial charge is 0.383 e. The summed E-state index contributed by atoms with van der Waals surface area (Å²) >= 11 is 0. The molecule has 0 unspecified atom stereocenters. The number of nitrogens with zero attached hydrogens (tertiary/aromatic N) is 1. The van der Waals surface area contributed by atoms with E-state index in [2.05, 4.69) is 20.8 Å². The first-order valence-corrected chi connectivity index (χ1v) is 5.08. The molecule has 0 aliphatic heterocycles. The van der Waals surface area contributed by atoms with Gasteiger partial charge in [0.05, 0.1) is 11.9 Å². The highest BCUT2D eigenvalue weighted by molar-refractivity contribution is 6.04. The monoisotopic (exact) mass is 252 g/mol. The van der Waals surface area contributed by atoms with Gasteiger partial charge in [0.1, 0.15) is 17.3 Å². The number of carbonyl (C=O) groups is 1. The number of hydrogen-bond acceptors (Lipinski definition) is 3. The molecule has 1 heterocycles. The van der Waals surface area contributed by atoms with Gasteiger partial charge in [-0.05, 0) is 12.1 Å². The fourth-order valence-electron chi connectivity index (χ4n) is 1.47. The molecule has 0 spiro atoms. The molecule has 0 aliphatic carbocycles. The van der Waals surface area contributed by atoms with Crippen LogP contribution in [-0.2, 0) is 0 Å². The van der Waals surface area contributed by atoms with Gasteiger partial charge in [0.2, 0.25) is 0 Å². The number of rotatable bonds is 3. The van der Waals surface area contributed by atoms with E-state index < -0.39 is 17.5 Å². The van der Waals surface area contributed by atoms with Crippen LogP contribution in [0.1, 0.15) is 10.4 Å². The molecule has 18 heavy (non-hydrogen) atoms. The number of halogens is 2. The number of amides is 1. The molecule has 1 aromatic carbocycles. The average molecular weight is 252 g/mol. The molecule has 1 amide bonds. The van der Waals surface area contributed by atoms with E-state index in [0.717, 1.165) is 12.1 Å². The van der Waals surface area contributed by atoms with Crippen molar-refractivity contribution in [1.82, 2.24) is 10.2 Å². The molecule has 94 valence electrons. The van der Waals surface area contributed by atoms with Crippen LogP contribution in [0.4, 0.5) is 20.2 Å². The first kappa shape index (κ1) is 12.0. The standard InChI is InChI=1S/C11H10F2N4O/c1-14-10-8(12)2-6(3-9(10)13)11(18)17-7-4-15-16-5-7/h2-5,14H,1H3,(H,15,16)(H,17,18). The maximum atomic E-state index is 13.4. The van der Waals surface area contributed by atoms with E-state index in [-0.39, 0.29) is 11.3 Å². The van der Waals surface area contributed by atoms with E-state index in [4.69, 9.17) is 0 Å². The number of benzene rings is 1. The highest BCUT2D eigenvalue weighted by atomic mass is 19.1. The molecule has 7 heteroatoms. The van der Waals surface area contributed by atoms with Crippen molar-refractivity contribution in [3.8, 4) is 0 Å². The number of aromatic nitrogens is 2. The molecule has 0 saturated carbocycles. The Morgan fingerprint density at radius 2 is 2.00 bits per heavy atom. The summed E-state index contributed by atoms with van der Waals surface area (Å²) < 4.78 is 26.9. The van der Waals surface area contributed by atoms with Crippen LogP contribution in [0.15, 0.2) is 24.5 Å². The smallest absolute Gasteiger partial charge is 0.255 e. The van der Waals surface area contributed by atoms with Crippen molar-refractivity contribution < 1.29 is 13.6 Å². The normalized spacial score (nSPS) is 10.2. The number of carbonyl (C=O) groups excluding carboxylic acids is 1. The fourth-order valence-corrected chi connectivity index (χ4v) is 1.47. The van der Waals surface area contributed by atoms with Crippen LogP contribution in [-0.4, -0.2) is 23.2 Å². The second-order valence-corrected chi connectivity index (χ2v) is 3.51. The minimum Gasteiger partial charge on any atom is -0.383 e. The van der Waals surface area contributed by atoms with E-state index >= 15 is 0 Å². The minimum atomic E-state index is -0.824. The summed E-state index contributed by atoms with van der Waals surface area (Å²) in [5, 5.41) is 11.0. The van der Waals surface area contributed by atoms with Gasteiger partial charge in [-0.15, -0.1) is 0 Å². The highest BCUT2D eigenvalue weighted by Gasteiger charge is 2.14. The number of aromatic amines is 1. The Hall–Kier alpha value is -2.44. The number of anilines is 2. The Morgan fingerprint density at radius 3 is 2.50 bits per heavy atom. The molecule has 0 fully saturated rings. The zero-order valence-corrected chi connectivity index (χ0v) is 9.42. The number of hydrogen-bond donors (Lipinski definition) is 3. The highest BCUT2D eigenvalue weighted by Crippen LogP contribution is 2.20.